The molecule has 188 valence electrons. The molecule has 0 atom stereocenters. The first-order valence-corrected chi connectivity index (χ1v) is 13.8. The van der Waals surface area contributed by atoms with Gasteiger partial charge in [0.2, 0.25) is 0 Å². The SMILES string of the molecule is CCc1ccc[c-]1[Si](c1cc(C)cc(C)c1)(c1cc(C)cc(C)c1)c1cc(C)cc(C)c1.[Cl-].[Cl-].[Cl-].[Ti+4]. The Hall–Kier alpha value is -1.19. The second-order valence-corrected chi connectivity index (χ2v) is 13.5. The van der Waals surface area contributed by atoms with Gasteiger partial charge in [-0.1, -0.05) is 117 Å². The smallest absolute Gasteiger partial charge is 1.00 e. The van der Waals surface area contributed by atoms with E-state index in [9.17, 15) is 0 Å². The molecule has 5 heteroatoms. The van der Waals surface area contributed by atoms with E-state index in [1.165, 1.54) is 54.5 Å². The molecule has 0 aliphatic heterocycles. The summed E-state index contributed by atoms with van der Waals surface area (Å²) in [4.78, 5) is 0. The summed E-state index contributed by atoms with van der Waals surface area (Å²) in [7, 11) is -2.50. The van der Waals surface area contributed by atoms with Crippen LogP contribution in [-0.2, 0) is 28.1 Å². The van der Waals surface area contributed by atoms with E-state index in [0.717, 1.165) is 6.42 Å². The third-order valence-corrected chi connectivity index (χ3v) is 11.4. The van der Waals surface area contributed by atoms with Crippen LogP contribution in [-0.4, -0.2) is 8.07 Å². The van der Waals surface area contributed by atoms with Gasteiger partial charge < -0.3 is 37.2 Å². The van der Waals surface area contributed by atoms with E-state index in [0.29, 0.717) is 0 Å². The number of hydrogen-bond donors (Lipinski definition) is 0. The molecule has 0 saturated carbocycles. The monoisotopic (exact) mass is 588 g/mol. The standard InChI is InChI=1S/C31H35Si.3ClH.Ti/c1-8-27-10-9-11-31(27)32(28-15-21(2)12-22(3)16-28,29-17-23(4)13-24(5)18-29)30-19-25(6)14-26(7)20-30;;;;/h9-20H,8H2,1-7H3;3*1H;/q-1;;;;+4/p-3. The maximum Gasteiger partial charge on any atom is 4.00 e. The van der Waals surface area contributed by atoms with Crippen LogP contribution in [0.2, 0.25) is 0 Å². The zero-order valence-electron chi connectivity index (χ0n) is 22.3. The number of hydrogen-bond acceptors (Lipinski definition) is 0. The molecule has 4 rings (SSSR count). The van der Waals surface area contributed by atoms with Crippen LogP contribution in [0.5, 0.6) is 0 Å². The van der Waals surface area contributed by atoms with Crippen molar-refractivity contribution in [2.24, 2.45) is 0 Å². The van der Waals surface area contributed by atoms with E-state index in [1.54, 1.807) is 5.19 Å². The van der Waals surface area contributed by atoms with Crippen molar-refractivity contribution in [1.29, 1.82) is 0 Å². The molecule has 0 aromatic heterocycles. The van der Waals surface area contributed by atoms with Gasteiger partial charge in [-0.2, -0.15) is 11.6 Å². The summed E-state index contributed by atoms with van der Waals surface area (Å²) >= 11 is 0. The van der Waals surface area contributed by atoms with Gasteiger partial charge in [0.1, 0.15) is 8.07 Å². The minimum absolute atomic E-state index is 0. The number of rotatable bonds is 5. The number of halogens is 3. The summed E-state index contributed by atoms with van der Waals surface area (Å²) in [5.41, 5.74) is 9.54. The second kappa shape index (κ2) is 14.1. The van der Waals surface area contributed by atoms with Crippen LogP contribution in [0.3, 0.4) is 0 Å². The number of benzene rings is 3. The molecular formula is C31H35Cl3SiTi. The van der Waals surface area contributed by atoms with Gasteiger partial charge in [-0.25, -0.2) is 12.1 Å². The summed E-state index contributed by atoms with van der Waals surface area (Å²) in [6.45, 7) is 15.7. The van der Waals surface area contributed by atoms with Crippen molar-refractivity contribution in [2.75, 3.05) is 0 Å². The van der Waals surface area contributed by atoms with Gasteiger partial charge in [0.25, 0.3) is 0 Å². The predicted octanol–water partition coefficient (Wildman–Crippen LogP) is -3.79. The second-order valence-electron chi connectivity index (χ2n) is 9.70. The van der Waals surface area contributed by atoms with Gasteiger partial charge in [0.15, 0.2) is 0 Å². The Morgan fingerprint density at radius 3 is 1.14 bits per heavy atom. The summed E-state index contributed by atoms with van der Waals surface area (Å²) in [6.07, 6.45) is 1.05. The van der Waals surface area contributed by atoms with E-state index in [-0.39, 0.29) is 58.9 Å². The molecule has 0 heterocycles. The van der Waals surface area contributed by atoms with Crippen molar-refractivity contribution in [1.82, 2.24) is 0 Å². The van der Waals surface area contributed by atoms with Crippen LogP contribution in [0.1, 0.15) is 45.9 Å². The Morgan fingerprint density at radius 1 is 0.556 bits per heavy atom. The average molecular weight is 590 g/mol. The Balaban J connectivity index is 0.00000306. The van der Waals surface area contributed by atoms with E-state index in [1.807, 2.05) is 0 Å². The zero-order valence-corrected chi connectivity index (χ0v) is 27.1. The van der Waals surface area contributed by atoms with Crippen LogP contribution >= 0.6 is 0 Å². The van der Waals surface area contributed by atoms with Gasteiger partial charge in [-0.3, -0.25) is 0 Å². The molecule has 36 heavy (non-hydrogen) atoms. The first-order chi connectivity index (χ1) is 15.2. The predicted molar refractivity (Wildman–Crippen MR) is 143 cm³/mol. The molecule has 0 nitrogen and oxygen atoms in total. The van der Waals surface area contributed by atoms with Gasteiger partial charge in [-0.15, -0.1) is 5.19 Å². The summed E-state index contributed by atoms with van der Waals surface area (Å²) in [5, 5.41) is 6.02. The Morgan fingerprint density at radius 2 is 0.861 bits per heavy atom. The molecule has 4 aromatic carbocycles. The summed E-state index contributed by atoms with van der Waals surface area (Å²) in [5.74, 6) is 0. The Bertz CT molecular complexity index is 1110. The van der Waals surface area contributed by atoms with Crippen molar-refractivity contribution in [2.45, 2.75) is 54.9 Å². The van der Waals surface area contributed by atoms with Crippen LogP contribution in [0.4, 0.5) is 0 Å². The fourth-order valence-corrected chi connectivity index (χ4v) is 11.4. The Labute approximate surface area is 252 Å². The molecule has 0 aliphatic rings. The summed E-state index contributed by atoms with van der Waals surface area (Å²) in [6, 6.07) is 28.7. The van der Waals surface area contributed by atoms with Crippen LogP contribution in [0.15, 0.2) is 72.8 Å². The van der Waals surface area contributed by atoms with E-state index in [4.69, 9.17) is 0 Å². The van der Waals surface area contributed by atoms with E-state index < -0.39 is 8.07 Å². The first kappa shape index (κ1) is 34.8. The van der Waals surface area contributed by atoms with Crippen molar-refractivity contribution in [3.63, 3.8) is 0 Å². The van der Waals surface area contributed by atoms with Crippen LogP contribution in [0, 0.1) is 41.5 Å². The molecule has 0 bridgehead atoms. The van der Waals surface area contributed by atoms with E-state index >= 15 is 0 Å². The summed E-state index contributed by atoms with van der Waals surface area (Å²) < 4.78 is 0. The van der Waals surface area contributed by atoms with Crippen molar-refractivity contribution < 1.29 is 58.9 Å². The van der Waals surface area contributed by atoms with Crippen molar-refractivity contribution in [3.8, 4) is 0 Å². The minimum atomic E-state index is -2.50. The molecule has 0 N–H and O–H groups in total. The Kier molecular flexibility index (Phi) is 13.6. The third kappa shape index (κ3) is 6.62. The van der Waals surface area contributed by atoms with Gasteiger partial charge in [0, 0.05) is 0 Å². The topological polar surface area (TPSA) is 0 Å². The van der Waals surface area contributed by atoms with Gasteiger partial charge in [-0.05, 0) is 41.5 Å². The molecule has 4 aromatic rings. The van der Waals surface area contributed by atoms with Gasteiger partial charge in [0.05, 0.1) is 0 Å². The van der Waals surface area contributed by atoms with Crippen LogP contribution in [0.25, 0.3) is 0 Å². The molecule has 0 unspecified atom stereocenters. The molecular weight excluding hydrogens is 555 g/mol. The average Bonchev–Trinajstić information content (AvgIpc) is 3.15. The molecule has 0 radical (unpaired) electrons. The molecule has 0 spiro atoms. The van der Waals surface area contributed by atoms with Crippen molar-refractivity contribution in [3.05, 3.63) is 112 Å². The fourth-order valence-electron chi connectivity index (χ4n) is 5.67. The molecule has 0 fully saturated rings. The molecule has 0 saturated heterocycles. The van der Waals surface area contributed by atoms with E-state index in [2.05, 4.69) is 121 Å². The van der Waals surface area contributed by atoms with Crippen LogP contribution < -0.4 is 58.0 Å². The van der Waals surface area contributed by atoms with Crippen molar-refractivity contribution >= 4 is 28.8 Å². The maximum absolute atomic E-state index is 2.50. The first-order valence-electron chi connectivity index (χ1n) is 11.8. The molecule has 0 aliphatic carbocycles. The minimum Gasteiger partial charge on any atom is -1.00 e. The largest absolute Gasteiger partial charge is 4.00 e. The number of aryl methyl sites for hydroxylation is 7. The third-order valence-electron chi connectivity index (χ3n) is 6.66. The van der Waals surface area contributed by atoms with Gasteiger partial charge >= 0.3 is 21.7 Å². The quantitative estimate of drug-likeness (QED) is 0.127. The molecule has 0 amide bonds. The maximum atomic E-state index is 2.46. The zero-order chi connectivity index (χ0) is 23.0. The normalized spacial score (nSPS) is 10.4. The fraction of sp³-hybridized carbons (Fsp3) is 0.258.